The summed E-state index contributed by atoms with van der Waals surface area (Å²) in [5.41, 5.74) is 1.82. The predicted octanol–water partition coefficient (Wildman–Crippen LogP) is 5.57. The number of benzene rings is 2. The van der Waals surface area contributed by atoms with Crippen LogP contribution in [-0.4, -0.2) is 57.8 Å². The first kappa shape index (κ1) is 25.0. The minimum absolute atomic E-state index is 0.0340. The third-order valence-electron chi connectivity index (χ3n) is 7.48. The van der Waals surface area contributed by atoms with Crippen LogP contribution >= 0.6 is 11.6 Å². The maximum atomic E-state index is 13.7. The molecule has 3 unspecified atom stereocenters. The summed E-state index contributed by atoms with van der Waals surface area (Å²) in [5.74, 6) is -0.987. The second kappa shape index (κ2) is 9.97. The van der Waals surface area contributed by atoms with Crippen LogP contribution in [0.15, 0.2) is 42.5 Å². The van der Waals surface area contributed by atoms with Crippen molar-refractivity contribution in [2.45, 2.75) is 43.8 Å². The zero-order chi connectivity index (χ0) is 25.4. The Kier molecular flexibility index (Phi) is 6.91. The van der Waals surface area contributed by atoms with E-state index in [-0.39, 0.29) is 23.5 Å². The van der Waals surface area contributed by atoms with Crippen molar-refractivity contribution >= 4 is 17.3 Å². The Hall–Kier alpha value is -2.72. The number of halogens is 5. The summed E-state index contributed by atoms with van der Waals surface area (Å²) in [5, 5.41) is 10.3. The highest BCUT2D eigenvalue weighted by atomic mass is 35.5. The summed E-state index contributed by atoms with van der Waals surface area (Å²) in [6.07, 6.45) is -0.406. The highest BCUT2D eigenvalue weighted by Crippen LogP contribution is 2.45. The van der Waals surface area contributed by atoms with Crippen molar-refractivity contribution in [3.8, 4) is 5.69 Å². The van der Waals surface area contributed by atoms with Gasteiger partial charge in [-0.2, -0.15) is 17.9 Å². The van der Waals surface area contributed by atoms with E-state index in [1.54, 1.807) is 12.1 Å². The van der Waals surface area contributed by atoms with Gasteiger partial charge in [0, 0.05) is 25.6 Å². The summed E-state index contributed by atoms with van der Waals surface area (Å²) in [7, 11) is 1.91. The quantitative estimate of drug-likeness (QED) is 0.396. The van der Waals surface area contributed by atoms with Crippen molar-refractivity contribution < 1.29 is 17.6 Å². The molecule has 0 spiro atoms. The van der Waals surface area contributed by atoms with Crippen LogP contribution in [0.2, 0.25) is 5.02 Å². The number of anilines is 1. The van der Waals surface area contributed by atoms with E-state index in [4.69, 9.17) is 11.6 Å². The number of likely N-dealkylation sites (N-methyl/N-ethyl adjacent to an activating group) is 1. The van der Waals surface area contributed by atoms with Crippen LogP contribution in [0.5, 0.6) is 0 Å². The van der Waals surface area contributed by atoms with E-state index in [0.29, 0.717) is 21.3 Å². The average molecular weight is 523 g/mol. The van der Waals surface area contributed by atoms with Crippen molar-refractivity contribution in [2.75, 3.05) is 31.6 Å². The molecule has 192 valence electrons. The van der Waals surface area contributed by atoms with Gasteiger partial charge in [-0.05, 0) is 91.0 Å². The van der Waals surface area contributed by atoms with Crippen molar-refractivity contribution in [3.05, 3.63) is 64.7 Å². The van der Waals surface area contributed by atoms with E-state index in [9.17, 15) is 17.6 Å². The van der Waals surface area contributed by atoms with Crippen LogP contribution in [0.1, 0.15) is 43.0 Å². The molecule has 1 aliphatic carbocycles. The second-order valence-electron chi connectivity index (χ2n) is 9.65. The summed E-state index contributed by atoms with van der Waals surface area (Å²) in [4.78, 5) is 4.54. The zero-order valence-electron chi connectivity index (χ0n) is 19.8. The lowest BCUT2D eigenvalue weighted by atomic mass is 9.85. The van der Waals surface area contributed by atoms with Crippen LogP contribution < -0.4 is 4.90 Å². The smallest absolute Gasteiger partial charge is 0.370 e. The monoisotopic (exact) mass is 522 g/mol. The topological polar surface area (TPSA) is 50.1 Å². The van der Waals surface area contributed by atoms with Gasteiger partial charge < -0.3 is 9.80 Å². The zero-order valence-corrected chi connectivity index (χ0v) is 20.6. The fourth-order valence-electron chi connectivity index (χ4n) is 5.79. The molecule has 2 fully saturated rings. The molecule has 2 heterocycles. The molecule has 0 N–H and O–H groups in total. The molecule has 2 aliphatic rings. The average Bonchev–Trinajstić information content (AvgIpc) is 3.61. The Morgan fingerprint density at radius 2 is 1.78 bits per heavy atom. The highest BCUT2D eigenvalue weighted by Gasteiger charge is 2.41. The van der Waals surface area contributed by atoms with Crippen molar-refractivity contribution in [1.82, 2.24) is 25.1 Å². The van der Waals surface area contributed by atoms with Crippen molar-refractivity contribution in [2.24, 2.45) is 5.92 Å². The van der Waals surface area contributed by atoms with E-state index in [0.717, 1.165) is 38.0 Å². The molecule has 2 aromatic carbocycles. The van der Waals surface area contributed by atoms with E-state index < -0.39 is 12.0 Å². The molecule has 5 rings (SSSR count). The fourth-order valence-corrected chi connectivity index (χ4v) is 6.04. The number of hydrogen-bond acceptors (Lipinski definition) is 5. The van der Waals surface area contributed by atoms with Gasteiger partial charge in [-0.1, -0.05) is 23.7 Å². The van der Waals surface area contributed by atoms with E-state index >= 15 is 0 Å². The second-order valence-corrected chi connectivity index (χ2v) is 10.1. The maximum Gasteiger partial charge on any atom is 0.453 e. The Morgan fingerprint density at radius 1 is 1.06 bits per heavy atom. The van der Waals surface area contributed by atoms with Gasteiger partial charge in [0.05, 0.1) is 16.4 Å². The van der Waals surface area contributed by atoms with Gasteiger partial charge in [0.25, 0.3) is 5.82 Å². The number of aromatic nitrogens is 4. The largest absolute Gasteiger partial charge is 0.453 e. The van der Waals surface area contributed by atoms with Crippen LogP contribution in [-0.2, 0) is 6.18 Å². The van der Waals surface area contributed by atoms with Crippen molar-refractivity contribution in [3.63, 3.8) is 0 Å². The predicted molar refractivity (Wildman–Crippen MR) is 129 cm³/mol. The molecule has 0 amide bonds. The standard InChI is InChI=1S/C25H27ClF4N6/c1-34(22-14-19(9-10-20(22)26)36-24(25(28,29)30)31-32-33-36)21-11-6-17(15-35-12-2-3-13-35)23(21)16-4-7-18(27)8-5-16/h4-5,7-10,14,17,21,23H,2-3,6,11-13,15H2,1H3. The molecule has 1 aromatic heterocycles. The maximum absolute atomic E-state index is 13.7. The highest BCUT2D eigenvalue weighted by molar-refractivity contribution is 6.33. The third kappa shape index (κ3) is 4.93. The lowest BCUT2D eigenvalue weighted by Crippen LogP contribution is -2.37. The Morgan fingerprint density at radius 3 is 2.47 bits per heavy atom. The number of tetrazole rings is 1. The molecule has 11 heteroatoms. The summed E-state index contributed by atoms with van der Waals surface area (Å²) < 4.78 is 54.6. The number of rotatable bonds is 6. The molecule has 3 aromatic rings. The number of likely N-dealkylation sites (tertiary alicyclic amines) is 1. The van der Waals surface area contributed by atoms with Gasteiger partial charge in [-0.25, -0.2) is 4.39 Å². The molecule has 1 aliphatic heterocycles. The summed E-state index contributed by atoms with van der Waals surface area (Å²) >= 11 is 6.57. The molecule has 0 bridgehead atoms. The van der Waals surface area contributed by atoms with Gasteiger partial charge in [0.15, 0.2) is 0 Å². The van der Waals surface area contributed by atoms with E-state index in [1.807, 2.05) is 24.1 Å². The van der Waals surface area contributed by atoms with E-state index in [2.05, 4.69) is 20.4 Å². The molecular weight excluding hydrogens is 496 g/mol. The van der Waals surface area contributed by atoms with Gasteiger partial charge in [0.1, 0.15) is 5.82 Å². The Bertz CT molecular complexity index is 1190. The van der Waals surface area contributed by atoms with Gasteiger partial charge >= 0.3 is 6.18 Å². The molecule has 1 saturated heterocycles. The van der Waals surface area contributed by atoms with Gasteiger partial charge in [-0.3, -0.25) is 0 Å². The molecule has 6 nitrogen and oxygen atoms in total. The van der Waals surface area contributed by atoms with Crippen LogP contribution in [0.3, 0.4) is 0 Å². The molecule has 1 saturated carbocycles. The fraction of sp³-hybridized carbons (Fsp3) is 0.480. The molecular formula is C25H27ClF4N6. The lowest BCUT2D eigenvalue weighted by Gasteiger charge is -2.35. The molecule has 36 heavy (non-hydrogen) atoms. The minimum Gasteiger partial charge on any atom is -0.370 e. The Labute approximate surface area is 211 Å². The van der Waals surface area contributed by atoms with Crippen molar-refractivity contribution in [1.29, 1.82) is 0 Å². The minimum atomic E-state index is -4.70. The first-order chi connectivity index (χ1) is 17.2. The van der Waals surface area contributed by atoms with Gasteiger partial charge in [0.2, 0.25) is 0 Å². The SMILES string of the molecule is CN(c1cc(-n2nnnc2C(F)(F)F)ccc1Cl)C1CCC(CN2CCCC2)C1c1ccc(F)cc1. The van der Waals surface area contributed by atoms with E-state index in [1.165, 1.54) is 31.0 Å². The van der Waals surface area contributed by atoms with Crippen LogP contribution in [0.25, 0.3) is 5.69 Å². The number of hydrogen-bond donors (Lipinski definition) is 0. The lowest BCUT2D eigenvalue weighted by molar-refractivity contribution is -0.146. The molecule has 3 atom stereocenters. The van der Waals surface area contributed by atoms with Crippen LogP contribution in [0, 0.1) is 11.7 Å². The number of alkyl halides is 3. The first-order valence-corrected chi connectivity index (χ1v) is 12.5. The summed E-state index contributed by atoms with van der Waals surface area (Å²) in [6, 6.07) is 11.3. The Balaban J connectivity index is 1.48. The molecule has 0 radical (unpaired) electrons. The van der Waals surface area contributed by atoms with Crippen LogP contribution in [0.4, 0.5) is 23.2 Å². The first-order valence-electron chi connectivity index (χ1n) is 12.1. The third-order valence-corrected chi connectivity index (χ3v) is 7.80. The summed E-state index contributed by atoms with van der Waals surface area (Å²) in [6.45, 7) is 3.16. The normalized spacial score (nSPS) is 22.9. The van der Waals surface area contributed by atoms with Gasteiger partial charge in [-0.15, -0.1) is 5.10 Å². The number of nitrogens with zero attached hydrogens (tertiary/aromatic N) is 6.